The van der Waals surface area contributed by atoms with E-state index in [0.717, 1.165) is 32.8 Å². The molecule has 7 heterocycles. The van der Waals surface area contributed by atoms with E-state index < -0.39 is 254 Å². The zero-order valence-electron chi connectivity index (χ0n) is 62.9. The van der Waals surface area contributed by atoms with Crippen molar-refractivity contribution in [2.24, 2.45) is 17.6 Å². The molecule has 0 radical (unpaired) electrons. The number of carbonyl (C=O) groups excluding carboxylic acids is 15. The summed E-state index contributed by atoms with van der Waals surface area (Å²) in [5.74, 6) is -17.9. The summed E-state index contributed by atoms with van der Waals surface area (Å²) in [5.41, 5.74) is 3.53. The second-order valence-corrected chi connectivity index (χ2v) is 29.2. The number of rotatable bonds is 25. The number of ether oxygens (including phenoxy) is 9. The van der Waals surface area contributed by atoms with Crippen LogP contribution in [0.15, 0.2) is 54.1 Å². The number of nitrogens with two attached hydrogens (primary N) is 1. The first kappa shape index (κ1) is 86.7. The van der Waals surface area contributed by atoms with E-state index in [1.807, 2.05) is 0 Å². The molecule has 0 aliphatic carbocycles. The Morgan fingerprint density at radius 3 is 2.16 bits per heavy atom. The number of hydrogen-bond donors (Lipinski definition) is 12. The van der Waals surface area contributed by atoms with Crippen LogP contribution in [0.4, 0.5) is 4.79 Å². The van der Waals surface area contributed by atoms with Crippen LogP contribution in [0.2, 0.25) is 0 Å². The van der Waals surface area contributed by atoms with Gasteiger partial charge in [0.2, 0.25) is 65.3 Å². The van der Waals surface area contributed by atoms with Crippen molar-refractivity contribution < 1.29 is 134 Å². The fourth-order valence-electron chi connectivity index (χ4n) is 13.7. The molecule has 8 bridgehead atoms. The molecule has 6 aliphatic rings. The topological polar surface area (TPSA) is 549 Å². The van der Waals surface area contributed by atoms with Gasteiger partial charge in [-0.15, -0.1) is 0 Å². The third-order valence-electron chi connectivity index (χ3n) is 19.6. The Hall–Kier alpha value is -10.8. The van der Waals surface area contributed by atoms with Crippen LogP contribution in [-0.2, 0) is 119 Å². The molecule has 612 valence electrons. The molecule has 13 N–H and O–H groups in total. The molecular formula is C72H95N11O28S. The first-order valence-corrected chi connectivity index (χ1v) is 37.5. The number of carbonyl (C=O) groups is 15. The second-order valence-electron chi connectivity index (χ2n) is 27.7. The van der Waals surface area contributed by atoms with Crippen LogP contribution in [0, 0.1) is 11.8 Å². The summed E-state index contributed by atoms with van der Waals surface area (Å²) in [4.78, 5) is 214. The van der Waals surface area contributed by atoms with Gasteiger partial charge in [0, 0.05) is 71.1 Å². The van der Waals surface area contributed by atoms with Crippen molar-refractivity contribution in [2.45, 2.75) is 196 Å². The Kier molecular flexibility index (Phi) is 30.1. The number of unbranched alkanes of at least 4 members (excludes halogenated alkanes) is 3. The van der Waals surface area contributed by atoms with E-state index in [9.17, 15) is 82.4 Å². The number of methoxy groups -OCH3 is 1. The van der Waals surface area contributed by atoms with Gasteiger partial charge in [-0.2, -0.15) is 0 Å². The minimum absolute atomic E-state index is 0.0149. The predicted molar refractivity (Wildman–Crippen MR) is 385 cm³/mol. The van der Waals surface area contributed by atoms with E-state index in [1.165, 1.54) is 61.3 Å². The number of esters is 5. The van der Waals surface area contributed by atoms with Crippen molar-refractivity contribution in [1.82, 2.24) is 52.0 Å². The number of aromatic amines is 1. The smallest absolute Gasteiger partial charge is 0.409 e. The lowest BCUT2D eigenvalue weighted by atomic mass is 9.79. The van der Waals surface area contributed by atoms with Crippen LogP contribution >= 0.6 is 0 Å². The molecule has 10 amide bonds. The fraction of sp³-hybridized carbons (Fsp3) is 0.569. The molecule has 39 nitrogen and oxygen atoms in total. The van der Waals surface area contributed by atoms with Gasteiger partial charge >= 0.3 is 35.9 Å². The number of H-pyrrole nitrogens is 1. The van der Waals surface area contributed by atoms with Crippen molar-refractivity contribution in [3.05, 3.63) is 65.7 Å². The Bertz CT molecular complexity index is 4120. The van der Waals surface area contributed by atoms with Crippen molar-refractivity contribution in [3.8, 4) is 11.5 Å². The van der Waals surface area contributed by atoms with Gasteiger partial charge in [0.05, 0.1) is 73.5 Å². The molecule has 0 saturated carbocycles. The Morgan fingerprint density at radius 2 is 1.49 bits per heavy atom. The Labute approximate surface area is 644 Å². The second kappa shape index (κ2) is 38.9. The molecule has 2 unspecified atom stereocenters. The van der Waals surface area contributed by atoms with Crippen LogP contribution in [-0.4, -0.2) is 267 Å². The summed E-state index contributed by atoms with van der Waals surface area (Å²) in [5, 5.41) is 50.1. The van der Waals surface area contributed by atoms with Crippen LogP contribution in [0.3, 0.4) is 0 Å². The largest absolute Gasteiger partial charge is 0.475 e. The van der Waals surface area contributed by atoms with Gasteiger partial charge in [-0.05, 0) is 60.6 Å². The monoisotopic (exact) mass is 1590 g/mol. The van der Waals surface area contributed by atoms with E-state index in [1.54, 1.807) is 13.8 Å². The molecule has 9 rings (SSSR count). The summed E-state index contributed by atoms with van der Waals surface area (Å²) < 4.78 is 66.2. The highest BCUT2D eigenvalue weighted by atomic mass is 32.2. The van der Waals surface area contributed by atoms with Gasteiger partial charge in [-0.25, -0.2) is 14.4 Å². The molecule has 0 spiro atoms. The van der Waals surface area contributed by atoms with Gasteiger partial charge in [0.25, 0.3) is 5.91 Å². The minimum atomic E-state index is -2.47. The van der Waals surface area contributed by atoms with Gasteiger partial charge in [-0.3, -0.25) is 61.7 Å². The molecule has 3 aromatic rings. The van der Waals surface area contributed by atoms with Crippen molar-refractivity contribution in [1.29, 1.82) is 0 Å². The lowest BCUT2D eigenvalue weighted by Gasteiger charge is -2.43. The van der Waals surface area contributed by atoms with E-state index >= 15 is 9.00 Å². The number of nitrogens with one attached hydrogen (secondary N) is 8. The third-order valence-corrected chi connectivity index (χ3v) is 21.0. The maximum absolute atomic E-state index is 15.6. The number of aliphatic hydroxyl groups excluding tert-OH is 3. The van der Waals surface area contributed by atoms with Crippen molar-refractivity contribution >= 4 is 111 Å². The van der Waals surface area contributed by atoms with Gasteiger partial charge in [0.1, 0.15) is 65.5 Å². The summed E-state index contributed by atoms with van der Waals surface area (Å²) >= 11 is 0. The minimum Gasteiger partial charge on any atom is -0.475 e. The highest BCUT2D eigenvalue weighted by Gasteiger charge is 2.57. The molecular weight excluding hydrogens is 1500 g/mol. The lowest BCUT2D eigenvalue weighted by Crippen LogP contribution is -2.67. The molecule has 17 atom stereocenters. The quantitative estimate of drug-likeness (QED) is 0.0176. The van der Waals surface area contributed by atoms with E-state index in [2.05, 4.69) is 48.8 Å². The highest BCUT2D eigenvalue weighted by Crippen LogP contribution is 2.38. The number of aliphatic hydroxyl groups is 3. The van der Waals surface area contributed by atoms with Crippen LogP contribution in [0.25, 0.3) is 10.9 Å². The van der Waals surface area contributed by atoms with Gasteiger partial charge in [-0.1, -0.05) is 58.8 Å². The summed E-state index contributed by atoms with van der Waals surface area (Å²) in [6, 6.07) is -2.10. The standard InChI is InChI=1S/C72H95N11O28S/c1-10-22-104-67(98)44-23-39(16-19-51(44)109-69-59(108-38(7)87)57(107-37(6)86)56(106-36(5)85)58(110-69)68(99)103-9)32-105-71(101)82(8)21-15-13-12-14-20-72-60(34(3)11-2)80-54(92)28-74-61(93)46-26-43-42-18-17-41(111-72)25-45(42)79-65(43)112(102)33-48(76-53(91)29-75-70(72)100)62(94)78-47(27-52(73)90)66(97)83-30-40(88)24-49(83)63(95)81-55(64(96)77-46)35(4)50(89)31-84/h10,16-19,23,25,34-35,40,46-50,55-60,69,79,84,88-89H,1,11-15,20-22,24,26-33H2,2-9H3,(H2,73,90)(H,74,93)(H,75,100)(H,76,91)(H,77,96)(H,78,94)(H,80,92)(H,81,95)/t34-,35-,40+,46-,47-,48-,49-,50-,55-,56-,57-,58-,59+,60-,69+,72?,112?/m0/s1. The summed E-state index contributed by atoms with van der Waals surface area (Å²) in [7, 11) is -0.0141. The van der Waals surface area contributed by atoms with Crippen LogP contribution in [0.5, 0.6) is 11.5 Å². The molecule has 6 aliphatic heterocycles. The maximum atomic E-state index is 15.6. The number of primary amides is 1. The third kappa shape index (κ3) is 21.4. The molecule has 1 aromatic heterocycles. The van der Waals surface area contributed by atoms with E-state index in [4.69, 9.17) is 48.4 Å². The number of amides is 10. The van der Waals surface area contributed by atoms with Crippen molar-refractivity contribution in [2.75, 3.05) is 59.3 Å². The SMILES string of the molecule is C=CCOC(=O)c1cc(COC(=O)N(C)CCCCCCC23Oc4ccc5c6c([nH]c5c4)S(=O)C[C@H](NC(=O)CNC2=O)C(=O)N[C@@H](CC(N)=O)C(=O)N2C[C@H](O)C[C@H]2C(=O)N[C@@H]([C@@H](C)[C@@H](O)CO)C(=O)N[C@@H](C6)C(=O)NCC(=O)N[C@H]3[C@@H](C)CC)ccc1O[C@@H]1O[C@H](C(=O)OC)[C@@H](OC(C)=O)[C@H](OC(C)=O)[C@H]1OC(C)=O. The summed E-state index contributed by atoms with van der Waals surface area (Å²) in [6.07, 6.45) is -12.4. The first-order chi connectivity index (χ1) is 53.1. The molecule has 112 heavy (non-hydrogen) atoms. The number of fused-ring (bicyclic) bond motifs is 9. The van der Waals surface area contributed by atoms with Crippen molar-refractivity contribution in [3.63, 3.8) is 0 Å². The fourth-order valence-corrected chi connectivity index (χ4v) is 15.1. The molecule has 40 heteroatoms. The number of nitrogens with zero attached hydrogens (tertiary/aromatic N) is 2. The summed E-state index contributed by atoms with van der Waals surface area (Å²) in [6.45, 7) is 7.43. The predicted octanol–water partition coefficient (Wildman–Crippen LogP) is -2.86. The molecule has 2 fully saturated rings. The maximum Gasteiger partial charge on any atom is 0.409 e. The highest BCUT2D eigenvalue weighted by molar-refractivity contribution is 7.85. The van der Waals surface area contributed by atoms with Crippen LogP contribution < -0.4 is 52.4 Å². The van der Waals surface area contributed by atoms with E-state index in [-0.39, 0.29) is 76.5 Å². The first-order valence-electron chi connectivity index (χ1n) is 36.2. The molecule has 2 saturated heterocycles. The van der Waals surface area contributed by atoms with E-state index in [0.29, 0.717) is 19.3 Å². The number of aromatic nitrogens is 1. The Morgan fingerprint density at radius 1 is 0.812 bits per heavy atom. The average molecular weight is 1590 g/mol. The zero-order chi connectivity index (χ0) is 82.2. The normalized spacial score (nSPS) is 26.7. The lowest BCUT2D eigenvalue weighted by molar-refractivity contribution is -0.282. The Balaban J connectivity index is 1.07. The van der Waals surface area contributed by atoms with Crippen LogP contribution in [0.1, 0.15) is 114 Å². The van der Waals surface area contributed by atoms with Gasteiger partial charge in [0.15, 0.2) is 18.3 Å². The number of benzene rings is 2. The average Bonchev–Trinajstić information content (AvgIpc) is 0.841. The molecule has 2 aromatic carbocycles. The zero-order valence-corrected chi connectivity index (χ0v) is 63.7. The van der Waals surface area contributed by atoms with Gasteiger partial charge < -0.3 is 116 Å². The number of hydrogen-bond acceptors (Lipinski definition) is 28.